The number of piperidine rings is 1. The smallest absolute Gasteiger partial charge is 0.419 e. The van der Waals surface area contributed by atoms with Gasteiger partial charge in [-0.15, -0.1) is 0 Å². The van der Waals surface area contributed by atoms with Crippen molar-refractivity contribution in [3.05, 3.63) is 60.7 Å². The summed E-state index contributed by atoms with van der Waals surface area (Å²) in [5.41, 5.74) is -0.883. The molecular weight excluding hydrogens is 492 g/mol. The standard InChI is InChI=1S/C26H24F4N4O3/c1-3-24(35)34-15-5-6-16(34)10-17(9-15)37-23-11-18-21(12-22(23)36-2)31-13-32-25(18)33-14-4-7-20(27)19(8-14)26(28,29)30/h3-4,7-8,11-13,15-17H,1,5-6,9-10H2,2H3,(H,31,32,33). The lowest BCUT2D eigenvalue weighted by Crippen LogP contribution is -2.48. The van der Waals surface area contributed by atoms with Crippen LogP contribution < -0.4 is 14.8 Å². The van der Waals surface area contributed by atoms with Crippen molar-refractivity contribution in [2.75, 3.05) is 12.4 Å². The summed E-state index contributed by atoms with van der Waals surface area (Å²) < 4.78 is 65.1. The van der Waals surface area contributed by atoms with Gasteiger partial charge in [-0.1, -0.05) is 6.58 Å². The fraction of sp³-hybridized carbons (Fsp3) is 0.346. The zero-order valence-electron chi connectivity index (χ0n) is 19.9. The quantitative estimate of drug-likeness (QED) is 0.338. The second kappa shape index (κ2) is 9.53. The third kappa shape index (κ3) is 4.77. The number of carbonyl (C=O) groups is 1. The van der Waals surface area contributed by atoms with Gasteiger partial charge in [0.05, 0.1) is 18.2 Å². The Morgan fingerprint density at radius 1 is 1.14 bits per heavy atom. The van der Waals surface area contributed by atoms with Crippen molar-refractivity contribution in [1.29, 1.82) is 0 Å². The fourth-order valence-electron chi connectivity index (χ4n) is 5.24. The van der Waals surface area contributed by atoms with E-state index in [9.17, 15) is 22.4 Å². The number of rotatable bonds is 6. The van der Waals surface area contributed by atoms with Crippen LogP contribution in [0.25, 0.3) is 10.9 Å². The molecular formula is C26H24F4N4O3. The molecule has 1 N–H and O–H groups in total. The highest BCUT2D eigenvalue weighted by Crippen LogP contribution is 2.41. The van der Waals surface area contributed by atoms with Gasteiger partial charge in [-0.2, -0.15) is 13.2 Å². The Morgan fingerprint density at radius 3 is 2.51 bits per heavy atom. The van der Waals surface area contributed by atoms with Crippen molar-refractivity contribution in [3.63, 3.8) is 0 Å². The molecule has 194 valence electrons. The Hall–Kier alpha value is -3.89. The Morgan fingerprint density at radius 2 is 1.86 bits per heavy atom. The molecule has 2 aromatic carbocycles. The first-order valence-corrected chi connectivity index (χ1v) is 11.8. The van der Waals surface area contributed by atoms with Crippen LogP contribution >= 0.6 is 0 Å². The van der Waals surface area contributed by atoms with E-state index in [2.05, 4.69) is 21.9 Å². The van der Waals surface area contributed by atoms with Crippen LogP contribution in [0.15, 0.2) is 49.3 Å². The van der Waals surface area contributed by atoms with Gasteiger partial charge in [-0.25, -0.2) is 14.4 Å². The topological polar surface area (TPSA) is 76.6 Å². The molecule has 1 amide bonds. The molecule has 2 bridgehead atoms. The predicted molar refractivity (Wildman–Crippen MR) is 128 cm³/mol. The highest BCUT2D eigenvalue weighted by Gasteiger charge is 2.43. The van der Waals surface area contributed by atoms with E-state index in [-0.39, 0.29) is 35.6 Å². The Balaban J connectivity index is 1.44. The lowest BCUT2D eigenvalue weighted by atomic mass is 9.99. The number of benzene rings is 2. The number of alkyl halides is 3. The number of anilines is 2. The molecule has 2 unspecified atom stereocenters. The van der Waals surface area contributed by atoms with Gasteiger partial charge in [-0.3, -0.25) is 4.79 Å². The molecule has 3 aromatic rings. The van der Waals surface area contributed by atoms with Crippen LogP contribution in [0.2, 0.25) is 0 Å². The van der Waals surface area contributed by atoms with Crippen molar-refractivity contribution >= 4 is 28.3 Å². The van der Waals surface area contributed by atoms with E-state index in [1.165, 1.54) is 25.6 Å². The first kappa shape index (κ1) is 24.8. The van der Waals surface area contributed by atoms with Crippen LogP contribution in [0.4, 0.5) is 29.1 Å². The van der Waals surface area contributed by atoms with Gasteiger partial charge in [-0.05, 0) is 43.2 Å². The molecule has 37 heavy (non-hydrogen) atoms. The summed E-state index contributed by atoms with van der Waals surface area (Å²) in [6.07, 6.45) is 0.721. The van der Waals surface area contributed by atoms with Gasteiger partial charge in [0, 0.05) is 42.1 Å². The third-order valence-electron chi connectivity index (χ3n) is 6.87. The molecule has 0 aliphatic carbocycles. The van der Waals surface area contributed by atoms with Crippen LogP contribution in [-0.2, 0) is 11.0 Å². The second-order valence-electron chi connectivity index (χ2n) is 9.11. The fourth-order valence-corrected chi connectivity index (χ4v) is 5.24. The number of amides is 1. The van der Waals surface area contributed by atoms with Gasteiger partial charge in [0.2, 0.25) is 5.91 Å². The number of halogens is 4. The van der Waals surface area contributed by atoms with Gasteiger partial charge in [0.25, 0.3) is 0 Å². The Kier molecular flexibility index (Phi) is 6.38. The van der Waals surface area contributed by atoms with E-state index in [0.29, 0.717) is 41.3 Å². The first-order valence-electron chi connectivity index (χ1n) is 11.8. The average molecular weight is 516 g/mol. The number of nitrogens with one attached hydrogen (secondary N) is 1. The SMILES string of the molecule is C=CC(=O)N1C2CCC1CC(Oc1cc3c(Nc4ccc(F)c(C(F)(F)F)c4)ncnc3cc1OC)C2. The summed E-state index contributed by atoms with van der Waals surface area (Å²) in [7, 11) is 1.50. The second-order valence-corrected chi connectivity index (χ2v) is 9.11. The highest BCUT2D eigenvalue weighted by molar-refractivity contribution is 5.93. The van der Waals surface area contributed by atoms with Crippen molar-refractivity contribution in [1.82, 2.24) is 14.9 Å². The lowest BCUT2D eigenvalue weighted by Gasteiger charge is -2.38. The van der Waals surface area contributed by atoms with E-state index in [1.54, 1.807) is 12.1 Å². The van der Waals surface area contributed by atoms with Crippen LogP contribution in [0.1, 0.15) is 31.2 Å². The van der Waals surface area contributed by atoms with Crippen LogP contribution in [0, 0.1) is 5.82 Å². The molecule has 5 rings (SSSR count). The van der Waals surface area contributed by atoms with Gasteiger partial charge >= 0.3 is 6.18 Å². The van der Waals surface area contributed by atoms with Gasteiger partial charge < -0.3 is 19.7 Å². The van der Waals surface area contributed by atoms with Gasteiger partial charge in [0.1, 0.15) is 24.1 Å². The predicted octanol–water partition coefficient (Wildman–Crippen LogP) is 5.63. The minimum atomic E-state index is -4.84. The third-order valence-corrected chi connectivity index (χ3v) is 6.87. The van der Waals surface area contributed by atoms with Crippen molar-refractivity contribution in [3.8, 4) is 11.5 Å². The minimum absolute atomic E-state index is 0.0165. The maximum Gasteiger partial charge on any atom is 0.419 e. The Bertz CT molecular complexity index is 1350. The van der Waals surface area contributed by atoms with E-state index in [1.807, 2.05) is 4.90 Å². The zero-order chi connectivity index (χ0) is 26.3. The number of nitrogens with zero attached hydrogens (tertiary/aromatic N) is 3. The summed E-state index contributed by atoms with van der Waals surface area (Å²) in [5, 5.41) is 3.32. The molecule has 2 aliphatic heterocycles. The van der Waals surface area contributed by atoms with E-state index < -0.39 is 17.6 Å². The normalized spacial score (nSPS) is 21.1. The zero-order valence-corrected chi connectivity index (χ0v) is 19.9. The molecule has 0 saturated carbocycles. The molecule has 2 saturated heterocycles. The number of hydrogen-bond acceptors (Lipinski definition) is 6. The number of methoxy groups -OCH3 is 1. The van der Waals surface area contributed by atoms with Crippen molar-refractivity contribution < 1.29 is 31.8 Å². The Labute approximate surface area is 210 Å². The summed E-state index contributed by atoms with van der Waals surface area (Å²) in [5.74, 6) is -0.341. The molecule has 0 radical (unpaired) electrons. The highest BCUT2D eigenvalue weighted by atomic mass is 19.4. The number of aromatic nitrogens is 2. The molecule has 3 heterocycles. The average Bonchev–Trinajstić information content (AvgIpc) is 3.14. The molecule has 2 atom stereocenters. The largest absolute Gasteiger partial charge is 0.493 e. The minimum Gasteiger partial charge on any atom is -0.493 e. The van der Waals surface area contributed by atoms with Crippen molar-refractivity contribution in [2.24, 2.45) is 0 Å². The number of hydrogen-bond donors (Lipinski definition) is 1. The molecule has 7 nitrogen and oxygen atoms in total. The number of fused-ring (bicyclic) bond motifs is 3. The molecule has 2 aliphatic rings. The summed E-state index contributed by atoms with van der Waals surface area (Å²) in [6.45, 7) is 3.60. The molecule has 11 heteroatoms. The maximum atomic E-state index is 13.7. The van der Waals surface area contributed by atoms with Crippen LogP contribution in [0.5, 0.6) is 11.5 Å². The summed E-state index contributed by atoms with van der Waals surface area (Å²) in [4.78, 5) is 22.6. The van der Waals surface area contributed by atoms with Crippen molar-refractivity contribution in [2.45, 2.75) is 50.0 Å². The molecule has 1 aromatic heterocycles. The lowest BCUT2D eigenvalue weighted by molar-refractivity contribution is -0.140. The summed E-state index contributed by atoms with van der Waals surface area (Å²) in [6, 6.07) is 6.13. The first-order chi connectivity index (χ1) is 17.7. The van der Waals surface area contributed by atoms with Gasteiger partial charge in [0.15, 0.2) is 11.5 Å². The number of carbonyl (C=O) groups excluding carboxylic acids is 1. The van der Waals surface area contributed by atoms with Crippen LogP contribution in [-0.4, -0.2) is 46.1 Å². The van der Waals surface area contributed by atoms with E-state index >= 15 is 0 Å². The maximum absolute atomic E-state index is 13.7. The van der Waals surface area contributed by atoms with E-state index in [4.69, 9.17) is 9.47 Å². The van der Waals surface area contributed by atoms with E-state index in [0.717, 1.165) is 18.9 Å². The number of ether oxygens (including phenoxy) is 2. The molecule has 2 fully saturated rings. The van der Waals surface area contributed by atoms with Crippen LogP contribution in [0.3, 0.4) is 0 Å². The monoisotopic (exact) mass is 516 g/mol. The summed E-state index contributed by atoms with van der Waals surface area (Å²) >= 11 is 0. The molecule has 0 spiro atoms.